The largest absolute Gasteiger partial charge is 0.469 e. The van der Waals surface area contributed by atoms with Crippen molar-refractivity contribution in [3.05, 3.63) is 22.7 Å². The summed E-state index contributed by atoms with van der Waals surface area (Å²) in [6.45, 7) is -6.40. The zero-order valence-electron chi connectivity index (χ0n) is 61.1. The summed E-state index contributed by atoms with van der Waals surface area (Å²) >= 11 is 2.04. The smallest absolute Gasteiger partial charge is 0.456 e. The minimum Gasteiger partial charge on any atom is -0.456 e. The van der Waals surface area contributed by atoms with Gasteiger partial charge in [-0.2, -0.15) is 37.3 Å². The topological polar surface area (TPSA) is 741 Å². The van der Waals surface area contributed by atoms with Crippen molar-refractivity contribution in [3.8, 4) is 0 Å². The molecule has 14 unspecified atom stereocenters. The van der Waals surface area contributed by atoms with Gasteiger partial charge in [0.15, 0.2) is 56.7 Å². The number of phosphoric acid groups is 1. The Morgan fingerprint density at radius 2 is 0.853 bits per heavy atom. The van der Waals surface area contributed by atoms with Crippen LogP contribution in [-0.4, -0.2) is 461 Å². The molecule has 22 saturated heterocycles. The number of rotatable bonds is 24. The molecule has 14 bridgehead atoms. The van der Waals surface area contributed by atoms with Crippen LogP contribution in [0.2, 0.25) is 0 Å². The molecule has 22 aliphatic rings. The van der Waals surface area contributed by atoms with Crippen molar-refractivity contribution >= 4 is 54.9 Å². The van der Waals surface area contributed by atoms with Crippen LogP contribution in [0.1, 0.15) is 19.6 Å². The Morgan fingerprint density at radius 1 is 0.517 bits per heavy atom. The number of esters is 1. The monoisotopic (exact) mass is 1750 g/mol. The van der Waals surface area contributed by atoms with Crippen molar-refractivity contribution in [1.29, 1.82) is 0 Å². The van der Waals surface area contributed by atoms with E-state index < -0.39 is 347 Å². The molecule has 1 aromatic heterocycles. The van der Waals surface area contributed by atoms with E-state index in [-0.39, 0.29) is 16.1 Å². The predicted octanol–water partition coefficient (Wildman–Crippen LogP) is -14.9. The first-order valence-electron chi connectivity index (χ1n) is 36.2. The summed E-state index contributed by atoms with van der Waals surface area (Å²) in [5, 5.41) is 234. The van der Waals surface area contributed by atoms with Gasteiger partial charge in [0.25, 0.3) is 5.91 Å². The number of nitrogens with one attached hydrogen (secondary N) is 3. The van der Waals surface area contributed by atoms with Gasteiger partial charge in [0.05, 0.1) is 64.3 Å². The fourth-order valence-corrected chi connectivity index (χ4v) is 16.2. The Bertz CT molecular complexity index is 3430. The molecule has 23 heterocycles. The van der Waals surface area contributed by atoms with E-state index in [1.807, 2.05) is 0 Å². The Balaban J connectivity index is 0.838. The third kappa shape index (κ3) is 21.5. The van der Waals surface area contributed by atoms with Crippen molar-refractivity contribution in [2.75, 3.05) is 88.2 Å². The highest BCUT2D eigenvalue weighted by Gasteiger charge is 2.62. The molecule has 0 saturated carbocycles. The van der Waals surface area contributed by atoms with Crippen LogP contribution in [-0.2, 0) is 99.3 Å². The third-order valence-electron chi connectivity index (χ3n) is 20.3. The van der Waals surface area contributed by atoms with Gasteiger partial charge in [0, 0.05) is 30.0 Å². The van der Waals surface area contributed by atoms with E-state index in [9.17, 15) is 135 Å². The van der Waals surface area contributed by atoms with Crippen LogP contribution >= 0.6 is 31.3 Å². The second kappa shape index (κ2) is 41.3. The number of nitrogens with zero attached hydrogens (tertiary/aromatic N) is 2. The van der Waals surface area contributed by atoms with Crippen molar-refractivity contribution in [3.63, 3.8) is 0 Å². The van der Waals surface area contributed by atoms with Gasteiger partial charge in [-0.05, 0) is 18.9 Å². The fraction of sp³-hybridized carbons (Fsp3) is 0.887. The van der Waals surface area contributed by atoms with E-state index in [0.717, 1.165) is 17.8 Å². The molecule has 0 radical (unpaired) electrons. The summed E-state index contributed by atoms with van der Waals surface area (Å²) in [5.41, 5.74) is -1.47. The quantitative estimate of drug-likeness (QED) is 0.0338. The number of phosphoric ester groups is 1. The lowest BCUT2D eigenvalue weighted by Crippen LogP contribution is -2.68. The second-order valence-corrected chi connectivity index (χ2v) is 31.6. The Labute approximate surface area is 662 Å². The maximum absolute atomic E-state index is 15.0. The first-order chi connectivity index (χ1) is 54.9. The summed E-state index contributed by atoms with van der Waals surface area (Å²) in [5.74, 6) is -8.12. The highest BCUT2D eigenvalue weighted by Crippen LogP contribution is 2.46. The lowest BCUT2D eigenvalue weighted by atomic mass is 9.95. The van der Waals surface area contributed by atoms with Crippen LogP contribution in [0.15, 0.2) is 17.1 Å². The molecular formula is C62H98F2N5O44PS2. The van der Waals surface area contributed by atoms with Crippen LogP contribution < -0.4 is 21.6 Å². The van der Waals surface area contributed by atoms with Gasteiger partial charge in [0.1, 0.15) is 171 Å². The molecule has 22 fully saturated rings. The lowest BCUT2D eigenvalue weighted by Gasteiger charge is -2.50. The lowest BCUT2D eigenvalue weighted by molar-refractivity contribution is -0.395. The molecule has 54 heteroatoms. The zero-order valence-corrected chi connectivity index (χ0v) is 63.6. The van der Waals surface area contributed by atoms with Gasteiger partial charge < -0.3 is 204 Å². The fourth-order valence-electron chi connectivity index (χ4n) is 14.0. The molecule has 25 N–H and O–H groups in total. The SMILES string of the molecule is CCSCC1O[C@@H]2O[C@@H]3C(CO)O[C@@H](O[C@@H]4C(CO)O[C@@H](O[C@@H]5C(CSC[C@@H](NC)C(=O)NCCC(=O)OCC(=O)Nc6ccn([C@@H]7O[C@H](COP(=O)(O)O)[C@@H](O)C7(F)F)c(=O)n6)O[C@@H](O[C@@H]6C(CO)O[C@H](O[C@@H]7C(CO)O[C@H](O[C@@H]8C(CO)O[C@H](O[C@H]1[C@H](O)C2O)C(O)[C@H]8O)C(O)[C@H]7O)C(O)[C@H]6O)C(O)[C@H]5O)C(O)[C@H]4O)C(O)[C@H]3O. The number of carbonyl (C=O) groups excluding carboxylic acids is 3. The van der Waals surface area contributed by atoms with E-state index in [1.54, 1.807) is 6.92 Å². The van der Waals surface area contributed by atoms with E-state index in [1.165, 1.54) is 18.8 Å². The van der Waals surface area contributed by atoms with E-state index in [2.05, 4.69) is 25.5 Å². The highest BCUT2D eigenvalue weighted by atomic mass is 32.2. The summed E-state index contributed by atoms with van der Waals surface area (Å²) in [4.78, 5) is 73.1. The molecule has 0 spiro atoms. The van der Waals surface area contributed by atoms with Crippen LogP contribution in [0, 0.1) is 0 Å². The summed E-state index contributed by atoms with van der Waals surface area (Å²) < 4.78 is 138. The number of aliphatic hydroxyl groups excluding tert-OH is 20. The number of halogens is 2. The summed E-state index contributed by atoms with van der Waals surface area (Å²) in [6, 6.07) is -0.342. The number of anilines is 1. The Morgan fingerprint density at radius 3 is 1.17 bits per heavy atom. The zero-order chi connectivity index (χ0) is 84.9. The van der Waals surface area contributed by atoms with Crippen LogP contribution in [0.3, 0.4) is 0 Å². The number of aliphatic hydroxyl groups is 20. The number of likely N-dealkylation sites (N-methyl/N-ethyl adjacent to an activating group) is 1. The molecule has 0 aliphatic carbocycles. The first kappa shape index (κ1) is 94.8. The van der Waals surface area contributed by atoms with E-state index >= 15 is 0 Å². The van der Waals surface area contributed by atoms with Crippen LogP contribution in [0.5, 0.6) is 0 Å². The van der Waals surface area contributed by atoms with Crippen LogP contribution in [0.4, 0.5) is 14.6 Å². The van der Waals surface area contributed by atoms with E-state index in [0.29, 0.717) is 11.9 Å². The van der Waals surface area contributed by atoms with Gasteiger partial charge in [-0.25, -0.2) is 9.36 Å². The molecule has 2 amide bonds. The third-order valence-corrected chi connectivity index (χ3v) is 22.9. The van der Waals surface area contributed by atoms with Gasteiger partial charge >= 0.3 is 25.4 Å². The van der Waals surface area contributed by atoms with Gasteiger partial charge in [0.2, 0.25) is 12.1 Å². The van der Waals surface area contributed by atoms with Crippen LogP contribution in [0.25, 0.3) is 0 Å². The van der Waals surface area contributed by atoms with Crippen molar-refractivity contribution in [1.82, 2.24) is 20.2 Å². The van der Waals surface area contributed by atoms with Gasteiger partial charge in [-0.3, -0.25) is 23.5 Å². The average molecular weight is 1750 g/mol. The Kier molecular flexibility index (Phi) is 33.8. The van der Waals surface area contributed by atoms with Gasteiger partial charge in [-0.1, -0.05) is 6.92 Å². The summed E-state index contributed by atoms with van der Waals surface area (Å²) in [7, 11) is -3.85. The molecular weight excluding hydrogens is 1650 g/mol. The predicted molar refractivity (Wildman–Crippen MR) is 366 cm³/mol. The van der Waals surface area contributed by atoms with Crippen molar-refractivity contribution in [2.24, 2.45) is 0 Å². The number of hydrogen-bond donors (Lipinski definition) is 25. The minimum atomic E-state index is -5.19. The number of amides is 2. The molecule has 23 rings (SSSR count). The molecule has 666 valence electrons. The first-order valence-corrected chi connectivity index (χ1v) is 40.1. The standard InChI is InChI=1S/C62H98F2N5O44PS2/c1-3-115-16-25-49-35(82)42(89)58(104-25)110-47-22(11-73)100-55(38(85)31(47)78)109-46-21(10-72)103-57(41(88)34(46)81)113-50-26(17-116-15-18(65-2)52(92)66-6-4-29(76)97-14-28(75)67-27-5-7-69(61(93)68-27)60-62(63,64)51(91)24(106-60)13-98-114(94,95)96)105-59(43(90)36(50)83)111-48-23(12-74)101-54(39(86)32(48)79)107-44-19(8-70)99-53(37(84)30(44)77)108-45-20(9-71)102-56(112-49)40(87)33(45)80/h5,7,18-26,30-51,53-60,65,70-74,77-91H,3-4,6,8-17H2,1-2H3,(H,66,92)(H2,94,95,96)(H,67,68,75,93)/t18-,19?,20?,21?,22?,23?,24-,25?,26?,30-,31-,32-,33-,34-,35-,36-,37?,38?,39?,40?,41?,42?,43?,44-,45-,46-,47-,48-,49-,50-,51-,53-,54-,55+,56-,57+,58-,59+,60-/m1/s1. The maximum Gasteiger partial charge on any atom is 0.469 e. The van der Waals surface area contributed by atoms with Crippen molar-refractivity contribution in [2.45, 2.75) is 259 Å². The molecule has 116 heavy (non-hydrogen) atoms. The van der Waals surface area contributed by atoms with Crippen molar-refractivity contribution < 1.29 is 220 Å². The molecule has 0 aromatic carbocycles. The number of aromatic nitrogens is 2. The average Bonchev–Trinajstić information content (AvgIpc) is 1.02. The normalized spacial score (nSPS) is 44.1. The number of thioether (sulfide) groups is 2. The maximum atomic E-state index is 15.0. The molecule has 22 aliphatic heterocycles. The number of ether oxygens (including phenoxy) is 16. The minimum absolute atomic E-state index is 0.0890. The second-order valence-electron chi connectivity index (χ2n) is 28.0. The highest BCUT2D eigenvalue weighted by molar-refractivity contribution is 7.99. The number of hydrogen-bond acceptors (Lipinski definition) is 46. The molecule has 1 aromatic rings. The molecule has 39 atom stereocenters. The molecule has 49 nitrogen and oxygen atoms in total. The summed E-state index contributed by atoms with van der Waals surface area (Å²) in [6.07, 6.45) is -78.6. The Hall–Kier alpha value is -3.48. The van der Waals surface area contributed by atoms with E-state index in [4.69, 9.17) is 85.6 Å². The number of alkyl halides is 2. The van der Waals surface area contributed by atoms with Gasteiger partial charge in [-0.15, -0.1) is 0 Å². The number of carbonyl (C=O) groups is 3.